The fourth-order valence-electron chi connectivity index (χ4n) is 1.28. The number of nitrogens with two attached hydrogens (primary N) is 1. The summed E-state index contributed by atoms with van der Waals surface area (Å²) in [5.74, 6) is 0.693. The van der Waals surface area contributed by atoms with E-state index in [1.165, 1.54) is 12.1 Å². The highest BCUT2D eigenvalue weighted by Gasteiger charge is 2.11. The van der Waals surface area contributed by atoms with E-state index < -0.39 is 0 Å². The van der Waals surface area contributed by atoms with E-state index in [-0.39, 0.29) is 17.3 Å². The van der Waals surface area contributed by atoms with Crippen molar-refractivity contribution in [3.8, 4) is 5.75 Å². The van der Waals surface area contributed by atoms with Gasteiger partial charge in [-0.15, -0.1) is 0 Å². The monoisotopic (exact) mass is 236 g/mol. The molecule has 0 saturated heterocycles. The van der Waals surface area contributed by atoms with Gasteiger partial charge < -0.3 is 16.2 Å². The summed E-state index contributed by atoms with van der Waals surface area (Å²) in [5.41, 5.74) is 6.17. The van der Waals surface area contributed by atoms with Gasteiger partial charge in [0, 0.05) is 12.1 Å². The molecule has 4 heteroatoms. The largest absolute Gasteiger partial charge is 0.506 e. The maximum absolute atomic E-state index is 11.8. The molecule has 94 valence electrons. The second-order valence-electron chi connectivity index (χ2n) is 4.70. The summed E-state index contributed by atoms with van der Waals surface area (Å²) in [7, 11) is 0. The van der Waals surface area contributed by atoms with Gasteiger partial charge in [0.05, 0.1) is 5.69 Å². The van der Waals surface area contributed by atoms with E-state index in [9.17, 15) is 9.90 Å². The summed E-state index contributed by atoms with van der Waals surface area (Å²) < 4.78 is 0. The average molecular weight is 236 g/mol. The van der Waals surface area contributed by atoms with Gasteiger partial charge >= 0.3 is 0 Å². The SMILES string of the molecule is CC(C)C(C)CNC(=O)c1ccc(N)c(O)c1. The maximum atomic E-state index is 11.8. The zero-order valence-electron chi connectivity index (χ0n) is 10.5. The van der Waals surface area contributed by atoms with Crippen molar-refractivity contribution in [2.24, 2.45) is 11.8 Å². The molecule has 1 aromatic rings. The zero-order chi connectivity index (χ0) is 13.0. The number of hydrogen-bond donors (Lipinski definition) is 3. The lowest BCUT2D eigenvalue weighted by atomic mass is 9.98. The molecule has 1 unspecified atom stereocenters. The van der Waals surface area contributed by atoms with Crippen LogP contribution >= 0.6 is 0 Å². The van der Waals surface area contributed by atoms with Gasteiger partial charge in [-0.05, 0) is 30.0 Å². The smallest absolute Gasteiger partial charge is 0.251 e. The van der Waals surface area contributed by atoms with Crippen molar-refractivity contribution in [3.05, 3.63) is 23.8 Å². The Morgan fingerprint density at radius 1 is 1.41 bits per heavy atom. The molecule has 17 heavy (non-hydrogen) atoms. The number of phenols is 1. The summed E-state index contributed by atoms with van der Waals surface area (Å²) in [4.78, 5) is 11.8. The molecule has 1 rings (SSSR count). The lowest BCUT2D eigenvalue weighted by Crippen LogP contribution is -2.30. The van der Waals surface area contributed by atoms with Crippen molar-refractivity contribution in [2.45, 2.75) is 20.8 Å². The summed E-state index contributed by atoms with van der Waals surface area (Å²) in [6, 6.07) is 4.51. The Morgan fingerprint density at radius 3 is 2.59 bits per heavy atom. The van der Waals surface area contributed by atoms with Gasteiger partial charge in [-0.3, -0.25) is 4.79 Å². The van der Waals surface area contributed by atoms with Crippen LogP contribution < -0.4 is 11.1 Å². The predicted octanol–water partition coefficient (Wildman–Crippen LogP) is 2.00. The molecule has 0 aliphatic heterocycles. The van der Waals surface area contributed by atoms with Gasteiger partial charge in [-0.25, -0.2) is 0 Å². The fraction of sp³-hybridized carbons (Fsp3) is 0.462. The molecule has 0 spiro atoms. The van der Waals surface area contributed by atoms with Crippen LogP contribution in [-0.2, 0) is 0 Å². The lowest BCUT2D eigenvalue weighted by Gasteiger charge is -2.16. The number of nitrogens with one attached hydrogen (secondary N) is 1. The van der Waals surface area contributed by atoms with Crippen molar-refractivity contribution < 1.29 is 9.90 Å². The summed E-state index contributed by atoms with van der Waals surface area (Å²) in [6.45, 7) is 6.95. The van der Waals surface area contributed by atoms with E-state index in [0.717, 1.165) is 0 Å². The number of aromatic hydroxyl groups is 1. The molecule has 1 atom stereocenters. The van der Waals surface area contributed by atoms with E-state index in [1.54, 1.807) is 6.07 Å². The van der Waals surface area contributed by atoms with Crippen LogP contribution in [0.1, 0.15) is 31.1 Å². The number of nitrogen functional groups attached to an aromatic ring is 1. The lowest BCUT2D eigenvalue weighted by molar-refractivity contribution is 0.0944. The van der Waals surface area contributed by atoms with Crippen LogP contribution in [0.3, 0.4) is 0 Å². The number of rotatable bonds is 4. The van der Waals surface area contributed by atoms with E-state index >= 15 is 0 Å². The third-order valence-corrected chi connectivity index (χ3v) is 3.02. The van der Waals surface area contributed by atoms with Gasteiger partial charge in [-0.2, -0.15) is 0 Å². The molecule has 0 aliphatic rings. The van der Waals surface area contributed by atoms with E-state index in [4.69, 9.17) is 5.73 Å². The Bertz CT molecular complexity index is 402. The first-order valence-corrected chi connectivity index (χ1v) is 5.78. The quantitative estimate of drug-likeness (QED) is 0.553. The Kier molecular flexibility index (Phi) is 4.37. The first kappa shape index (κ1) is 13.4. The Labute approximate surface area is 102 Å². The highest BCUT2D eigenvalue weighted by atomic mass is 16.3. The van der Waals surface area contributed by atoms with E-state index in [1.807, 2.05) is 0 Å². The summed E-state index contributed by atoms with van der Waals surface area (Å²) >= 11 is 0. The highest BCUT2D eigenvalue weighted by molar-refractivity contribution is 5.95. The number of phenolic OH excluding ortho intramolecular Hbond substituents is 1. The first-order chi connectivity index (χ1) is 7.91. The molecule has 0 aromatic heterocycles. The standard InChI is InChI=1S/C13H20N2O2/c1-8(2)9(3)7-15-13(17)10-4-5-11(14)12(16)6-10/h4-6,8-9,16H,7,14H2,1-3H3,(H,15,17). The van der Waals surface area contributed by atoms with E-state index in [0.29, 0.717) is 23.9 Å². The van der Waals surface area contributed by atoms with Gasteiger partial charge in [0.2, 0.25) is 0 Å². The number of carbonyl (C=O) groups excluding carboxylic acids is 1. The second kappa shape index (κ2) is 5.57. The first-order valence-electron chi connectivity index (χ1n) is 5.78. The third kappa shape index (κ3) is 3.66. The fourth-order valence-corrected chi connectivity index (χ4v) is 1.28. The molecule has 4 N–H and O–H groups in total. The highest BCUT2D eigenvalue weighted by Crippen LogP contribution is 2.20. The van der Waals surface area contributed by atoms with E-state index in [2.05, 4.69) is 26.1 Å². The molecule has 0 bridgehead atoms. The minimum Gasteiger partial charge on any atom is -0.506 e. The van der Waals surface area contributed by atoms with Crippen LogP contribution in [0, 0.1) is 11.8 Å². The number of anilines is 1. The minimum absolute atomic E-state index is 0.0606. The maximum Gasteiger partial charge on any atom is 0.251 e. The van der Waals surface area contributed by atoms with Gasteiger partial charge in [0.25, 0.3) is 5.91 Å². The number of amides is 1. The molecule has 4 nitrogen and oxygen atoms in total. The predicted molar refractivity (Wildman–Crippen MR) is 68.9 cm³/mol. The Hall–Kier alpha value is -1.71. The van der Waals surface area contributed by atoms with Crippen molar-refractivity contribution in [3.63, 3.8) is 0 Å². The van der Waals surface area contributed by atoms with Crippen LogP contribution in [0.25, 0.3) is 0 Å². The normalized spacial score (nSPS) is 12.5. The molecule has 0 aliphatic carbocycles. The van der Waals surface area contributed by atoms with Gasteiger partial charge in [-0.1, -0.05) is 20.8 Å². The molecule has 0 saturated carbocycles. The molecular formula is C13H20N2O2. The Balaban J connectivity index is 2.61. The number of benzene rings is 1. The molecule has 1 amide bonds. The van der Waals surface area contributed by atoms with Crippen LogP contribution in [0.4, 0.5) is 5.69 Å². The van der Waals surface area contributed by atoms with Crippen molar-refractivity contribution >= 4 is 11.6 Å². The Morgan fingerprint density at radius 2 is 2.06 bits per heavy atom. The zero-order valence-corrected chi connectivity index (χ0v) is 10.5. The molecule has 0 heterocycles. The second-order valence-corrected chi connectivity index (χ2v) is 4.70. The number of carbonyl (C=O) groups is 1. The average Bonchev–Trinajstić information content (AvgIpc) is 2.28. The van der Waals surface area contributed by atoms with Crippen LogP contribution in [0.15, 0.2) is 18.2 Å². The van der Waals surface area contributed by atoms with Crippen molar-refractivity contribution in [1.29, 1.82) is 0 Å². The summed E-state index contributed by atoms with van der Waals surface area (Å²) in [6.07, 6.45) is 0. The molecule has 1 aromatic carbocycles. The van der Waals surface area contributed by atoms with Gasteiger partial charge in [0.15, 0.2) is 0 Å². The third-order valence-electron chi connectivity index (χ3n) is 3.02. The molecule has 0 radical (unpaired) electrons. The minimum atomic E-state index is -0.187. The topological polar surface area (TPSA) is 75.4 Å². The summed E-state index contributed by atoms with van der Waals surface area (Å²) in [5, 5.41) is 12.2. The number of hydrogen-bond acceptors (Lipinski definition) is 3. The van der Waals surface area contributed by atoms with Crippen LogP contribution in [0.2, 0.25) is 0 Å². The van der Waals surface area contributed by atoms with Crippen molar-refractivity contribution in [1.82, 2.24) is 5.32 Å². The van der Waals surface area contributed by atoms with Gasteiger partial charge in [0.1, 0.15) is 5.75 Å². The van der Waals surface area contributed by atoms with Crippen LogP contribution in [-0.4, -0.2) is 17.6 Å². The van der Waals surface area contributed by atoms with Crippen molar-refractivity contribution in [2.75, 3.05) is 12.3 Å². The molecular weight excluding hydrogens is 216 g/mol. The van der Waals surface area contributed by atoms with Crippen LogP contribution in [0.5, 0.6) is 5.75 Å². The molecule has 0 fully saturated rings.